The van der Waals surface area contributed by atoms with Gasteiger partial charge in [0.15, 0.2) is 16.3 Å². The van der Waals surface area contributed by atoms with E-state index in [-0.39, 0.29) is 23.8 Å². The van der Waals surface area contributed by atoms with Gasteiger partial charge in [-0.1, -0.05) is 69.2 Å². The van der Waals surface area contributed by atoms with Crippen molar-refractivity contribution in [2.75, 3.05) is 13.2 Å². The Kier molecular flexibility index (Phi) is 10.7. The van der Waals surface area contributed by atoms with Gasteiger partial charge >= 0.3 is 5.97 Å². The second-order valence-corrected chi connectivity index (χ2v) is 13.0. The number of aromatic nitrogens is 1. The van der Waals surface area contributed by atoms with Crippen LogP contribution in [0.2, 0.25) is 5.02 Å². The number of carbonyl (C=O) groups excluding carboxylic acids is 1. The molecule has 1 aromatic heterocycles. The van der Waals surface area contributed by atoms with Crippen molar-refractivity contribution in [3.05, 3.63) is 118 Å². The molecule has 1 aliphatic heterocycles. The molecule has 0 saturated heterocycles. The number of nitrogens with zero attached hydrogens (tertiary/aromatic N) is 2. The molecule has 4 aromatic rings. The predicted octanol–water partition coefficient (Wildman–Crippen LogP) is 6.98. The van der Waals surface area contributed by atoms with E-state index in [0.29, 0.717) is 61.6 Å². The number of esters is 1. The van der Waals surface area contributed by atoms with Crippen LogP contribution in [0.15, 0.2) is 86.2 Å². The monoisotopic (exact) mass is 724 g/mol. The highest BCUT2D eigenvalue weighted by Crippen LogP contribution is 2.38. The Labute approximate surface area is 284 Å². The number of para-hydroxylation sites is 1. The normalized spacial score (nSPS) is 14.6. The van der Waals surface area contributed by atoms with Crippen molar-refractivity contribution in [2.24, 2.45) is 4.99 Å². The summed E-state index contributed by atoms with van der Waals surface area (Å²) in [6.07, 6.45) is 1.62. The molecule has 0 saturated carbocycles. The van der Waals surface area contributed by atoms with Gasteiger partial charge in [-0.05, 0) is 82.2 Å². The molecule has 0 radical (unpaired) electrons. The Bertz CT molecular complexity index is 1970. The lowest BCUT2D eigenvalue weighted by atomic mass is 9.95. The maximum absolute atomic E-state index is 14.2. The summed E-state index contributed by atoms with van der Waals surface area (Å²) in [7, 11) is 0. The van der Waals surface area contributed by atoms with Gasteiger partial charge in [-0.3, -0.25) is 9.36 Å². The molecule has 0 bridgehead atoms. The van der Waals surface area contributed by atoms with Gasteiger partial charge in [0.25, 0.3) is 5.56 Å². The summed E-state index contributed by atoms with van der Waals surface area (Å²) >= 11 is 11.4. The smallest absolute Gasteiger partial charge is 0.338 e. The average Bonchev–Trinajstić information content (AvgIpc) is 3.31. The predicted molar refractivity (Wildman–Crippen MR) is 184 cm³/mol. The Morgan fingerprint density at radius 3 is 2.50 bits per heavy atom. The molecule has 0 aliphatic carbocycles. The molecule has 1 aliphatic rings. The van der Waals surface area contributed by atoms with E-state index < -0.39 is 12.0 Å². The van der Waals surface area contributed by atoms with Gasteiger partial charge in [0, 0.05) is 10.0 Å². The Hall–Kier alpha value is -3.86. The maximum atomic E-state index is 14.2. The van der Waals surface area contributed by atoms with Gasteiger partial charge in [0.2, 0.25) is 0 Å². The standard InChI is InChI=1S/C35H34BrClN2O6S/c1-6-42-28-17-23(16-26(37)32(28)44-19-22-12-14-24(36)15-13-22)18-29-33(40)39-31(25-10-8-9-11-27(25)45-20(3)4)30(34(41)43-7-2)21(5)38-35(39)46-29/h8-18,20,31H,6-7,19H2,1-5H3/b29-18+/t31-/m0/s1. The fourth-order valence-corrected chi connectivity index (χ4v) is 6.70. The highest BCUT2D eigenvalue weighted by molar-refractivity contribution is 9.10. The lowest BCUT2D eigenvalue weighted by Gasteiger charge is -2.26. The molecular weight excluding hydrogens is 692 g/mol. The summed E-state index contributed by atoms with van der Waals surface area (Å²) in [4.78, 5) is 32.7. The van der Waals surface area contributed by atoms with E-state index >= 15 is 0 Å². The van der Waals surface area contributed by atoms with E-state index in [1.165, 1.54) is 11.3 Å². The number of thiazole rings is 1. The number of fused-ring (bicyclic) bond motifs is 1. The maximum Gasteiger partial charge on any atom is 0.338 e. The van der Waals surface area contributed by atoms with Crippen molar-refractivity contribution in [3.63, 3.8) is 0 Å². The van der Waals surface area contributed by atoms with Crippen molar-refractivity contribution in [2.45, 2.75) is 53.4 Å². The van der Waals surface area contributed by atoms with E-state index in [0.717, 1.165) is 10.0 Å². The van der Waals surface area contributed by atoms with Crippen molar-refractivity contribution in [1.82, 2.24) is 4.57 Å². The minimum atomic E-state index is -0.802. The minimum Gasteiger partial charge on any atom is -0.491 e. The third-order valence-corrected chi connectivity index (χ3v) is 8.81. The summed E-state index contributed by atoms with van der Waals surface area (Å²) in [5, 5.41) is 0.347. The Morgan fingerprint density at radius 2 is 1.80 bits per heavy atom. The number of allylic oxidation sites excluding steroid dienone is 1. The van der Waals surface area contributed by atoms with Gasteiger partial charge in [-0.15, -0.1) is 0 Å². The lowest BCUT2D eigenvalue weighted by molar-refractivity contribution is -0.139. The van der Waals surface area contributed by atoms with Crippen LogP contribution in [-0.2, 0) is 16.1 Å². The number of hydrogen-bond acceptors (Lipinski definition) is 8. The molecule has 2 heterocycles. The van der Waals surface area contributed by atoms with Crippen LogP contribution in [0.5, 0.6) is 17.2 Å². The van der Waals surface area contributed by atoms with Crippen molar-refractivity contribution in [1.29, 1.82) is 0 Å². The minimum absolute atomic E-state index is 0.126. The first-order chi connectivity index (χ1) is 22.1. The van der Waals surface area contributed by atoms with Crippen molar-refractivity contribution < 1.29 is 23.7 Å². The first kappa shape index (κ1) is 33.5. The SMILES string of the molecule is CCOC(=O)C1=C(C)N=c2s/c(=C/c3cc(Cl)c(OCc4ccc(Br)cc4)c(OCC)c3)c(=O)n2[C@H]1c1ccccc1OC(C)C. The lowest BCUT2D eigenvalue weighted by Crippen LogP contribution is -2.40. The zero-order valence-electron chi connectivity index (χ0n) is 26.1. The zero-order valence-corrected chi connectivity index (χ0v) is 29.3. The molecule has 240 valence electrons. The number of carbonyl (C=O) groups is 1. The third kappa shape index (κ3) is 7.24. The van der Waals surface area contributed by atoms with Crippen LogP contribution in [0.3, 0.4) is 0 Å². The molecule has 1 atom stereocenters. The van der Waals surface area contributed by atoms with Gasteiger partial charge in [0.1, 0.15) is 18.4 Å². The van der Waals surface area contributed by atoms with Crippen molar-refractivity contribution >= 4 is 50.9 Å². The topological polar surface area (TPSA) is 88.4 Å². The zero-order chi connectivity index (χ0) is 33.0. The van der Waals surface area contributed by atoms with E-state index in [9.17, 15) is 9.59 Å². The fraction of sp³-hybridized carbons (Fsp3) is 0.286. The number of rotatable bonds is 11. The van der Waals surface area contributed by atoms with E-state index in [2.05, 4.69) is 20.9 Å². The van der Waals surface area contributed by atoms with E-state index in [4.69, 9.17) is 30.5 Å². The number of ether oxygens (including phenoxy) is 4. The number of hydrogen-bond donors (Lipinski definition) is 0. The molecule has 8 nitrogen and oxygen atoms in total. The highest BCUT2D eigenvalue weighted by atomic mass is 79.9. The quantitative estimate of drug-likeness (QED) is 0.155. The Morgan fingerprint density at radius 1 is 1.07 bits per heavy atom. The van der Waals surface area contributed by atoms with Crippen LogP contribution in [0.25, 0.3) is 6.08 Å². The molecule has 0 amide bonds. The van der Waals surface area contributed by atoms with Crippen LogP contribution in [0.4, 0.5) is 0 Å². The molecule has 0 fully saturated rings. The first-order valence-corrected chi connectivity index (χ1v) is 16.9. The van der Waals surface area contributed by atoms with E-state index in [1.807, 2.05) is 69.3 Å². The summed E-state index contributed by atoms with van der Waals surface area (Å²) in [6, 6.07) is 17.9. The third-order valence-electron chi connectivity index (χ3n) is 7.02. The van der Waals surface area contributed by atoms with Crippen LogP contribution >= 0.6 is 38.9 Å². The molecule has 0 unspecified atom stereocenters. The van der Waals surface area contributed by atoms with Crippen LogP contribution in [-0.4, -0.2) is 29.9 Å². The summed E-state index contributed by atoms with van der Waals surface area (Å²) < 4.78 is 26.5. The summed E-state index contributed by atoms with van der Waals surface area (Å²) in [6.45, 7) is 10.1. The number of benzene rings is 3. The molecule has 0 spiro atoms. The van der Waals surface area contributed by atoms with Crippen LogP contribution in [0.1, 0.15) is 57.4 Å². The fourth-order valence-electron chi connectivity index (χ4n) is 5.12. The first-order valence-electron chi connectivity index (χ1n) is 14.9. The summed E-state index contributed by atoms with van der Waals surface area (Å²) in [5.74, 6) is 0.917. The van der Waals surface area contributed by atoms with Gasteiger partial charge in [0.05, 0.1) is 40.1 Å². The molecule has 0 N–H and O–H groups in total. The molecule has 3 aromatic carbocycles. The average molecular weight is 726 g/mol. The highest BCUT2D eigenvalue weighted by Gasteiger charge is 2.35. The molecule has 11 heteroatoms. The second kappa shape index (κ2) is 14.7. The molecule has 46 heavy (non-hydrogen) atoms. The summed E-state index contributed by atoms with van der Waals surface area (Å²) in [5.41, 5.74) is 2.73. The molecular formula is C35H34BrClN2O6S. The van der Waals surface area contributed by atoms with E-state index in [1.54, 1.807) is 36.6 Å². The van der Waals surface area contributed by atoms with Crippen LogP contribution in [0, 0.1) is 0 Å². The number of halogens is 2. The second-order valence-electron chi connectivity index (χ2n) is 10.7. The van der Waals surface area contributed by atoms with Gasteiger partial charge in [-0.2, -0.15) is 0 Å². The van der Waals surface area contributed by atoms with Gasteiger partial charge in [-0.25, -0.2) is 9.79 Å². The van der Waals surface area contributed by atoms with Crippen LogP contribution < -0.4 is 29.1 Å². The Balaban J connectivity index is 1.61. The largest absolute Gasteiger partial charge is 0.491 e. The molecule has 5 rings (SSSR count). The van der Waals surface area contributed by atoms with Gasteiger partial charge < -0.3 is 18.9 Å². The van der Waals surface area contributed by atoms with Crippen molar-refractivity contribution in [3.8, 4) is 17.2 Å².